The molecule has 0 atom stereocenters. The molecule has 0 radical (unpaired) electrons. The average Bonchev–Trinajstić information content (AvgIpc) is 1.25. The van der Waals surface area contributed by atoms with Gasteiger partial charge in [-0.05, 0) is 19.8 Å². The van der Waals surface area contributed by atoms with Gasteiger partial charge in [-0.25, -0.2) is 0 Å². The Balaban J connectivity index is -0.0000000300. The van der Waals surface area contributed by atoms with Gasteiger partial charge in [0.15, 0.2) is 0 Å². The van der Waals surface area contributed by atoms with Crippen LogP contribution in [0.1, 0.15) is 49.5 Å². The van der Waals surface area contributed by atoms with Gasteiger partial charge in [-0.3, -0.25) is 0 Å². The SMILES string of the molecule is C.C.C=C(C)C.CC(C)C. The summed E-state index contributed by atoms with van der Waals surface area (Å²) in [7, 11) is 0. The van der Waals surface area contributed by atoms with E-state index in [2.05, 4.69) is 27.4 Å². The second-order valence-corrected chi connectivity index (χ2v) is 2.94. The van der Waals surface area contributed by atoms with Crippen molar-refractivity contribution in [2.24, 2.45) is 5.92 Å². The van der Waals surface area contributed by atoms with Gasteiger partial charge in [0.05, 0.1) is 0 Å². The minimum atomic E-state index is 0. The van der Waals surface area contributed by atoms with Crippen LogP contribution in [0.4, 0.5) is 0 Å². The molecule has 0 aliphatic rings. The third-order valence-electron chi connectivity index (χ3n) is 0. The molecule has 0 heterocycles. The van der Waals surface area contributed by atoms with E-state index in [0.717, 1.165) is 5.92 Å². The molecule has 0 heteroatoms. The standard InChI is InChI=1S/C4H10.C4H8.2CH4/c2*1-4(2)3;;/h4H,1-3H3;1H2,2-3H3;2*1H4. The molecule has 0 saturated heterocycles. The fourth-order valence-corrected chi connectivity index (χ4v) is 0. The van der Waals surface area contributed by atoms with Crippen molar-refractivity contribution in [2.45, 2.75) is 49.5 Å². The van der Waals surface area contributed by atoms with Crippen molar-refractivity contribution in [1.29, 1.82) is 0 Å². The largest absolute Gasteiger partial charge is 0.100 e. The third kappa shape index (κ3) is 5200. The quantitative estimate of drug-likeness (QED) is 0.441. The maximum atomic E-state index is 3.56. The Morgan fingerprint density at radius 1 is 1.00 bits per heavy atom. The summed E-state index contributed by atoms with van der Waals surface area (Å²) in [5.41, 5.74) is 1.17. The van der Waals surface area contributed by atoms with E-state index in [-0.39, 0.29) is 14.9 Å². The summed E-state index contributed by atoms with van der Waals surface area (Å²) in [6.45, 7) is 14.0. The lowest BCUT2D eigenvalue weighted by atomic mass is 10.3. The van der Waals surface area contributed by atoms with Crippen molar-refractivity contribution in [1.82, 2.24) is 0 Å². The van der Waals surface area contributed by atoms with Crippen LogP contribution >= 0.6 is 0 Å². The summed E-state index contributed by atoms with van der Waals surface area (Å²) in [6, 6.07) is 0. The predicted molar refractivity (Wildman–Crippen MR) is 54.5 cm³/mol. The van der Waals surface area contributed by atoms with Crippen LogP contribution in [0.5, 0.6) is 0 Å². The van der Waals surface area contributed by atoms with Crippen molar-refractivity contribution >= 4 is 0 Å². The molecular formula is C10H26. The molecule has 0 aromatic heterocycles. The third-order valence-corrected chi connectivity index (χ3v) is 0. The first kappa shape index (κ1) is 22.6. The van der Waals surface area contributed by atoms with Gasteiger partial charge in [-0.15, -0.1) is 6.58 Å². The Hall–Kier alpha value is -0.260. The molecule has 0 aliphatic heterocycles. The van der Waals surface area contributed by atoms with E-state index >= 15 is 0 Å². The van der Waals surface area contributed by atoms with Gasteiger partial charge in [-0.2, -0.15) is 0 Å². The lowest BCUT2D eigenvalue weighted by Crippen LogP contribution is -1.66. The zero-order chi connectivity index (χ0) is 7.15. The first-order valence-electron chi connectivity index (χ1n) is 3.09. The van der Waals surface area contributed by atoms with Gasteiger partial charge in [0.25, 0.3) is 0 Å². The fourth-order valence-electron chi connectivity index (χ4n) is 0. The lowest BCUT2D eigenvalue weighted by molar-refractivity contribution is 0.737. The van der Waals surface area contributed by atoms with Crippen molar-refractivity contribution in [3.8, 4) is 0 Å². The summed E-state index contributed by atoms with van der Waals surface area (Å²) in [6.07, 6.45) is 0. The molecule has 0 aromatic rings. The average molecular weight is 146 g/mol. The van der Waals surface area contributed by atoms with Crippen LogP contribution in [-0.2, 0) is 0 Å². The van der Waals surface area contributed by atoms with Crippen LogP contribution in [-0.4, -0.2) is 0 Å². The molecule has 10 heavy (non-hydrogen) atoms. The first-order chi connectivity index (χ1) is 3.46. The highest BCUT2D eigenvalue weighted by atomic mass is 13.7. The van der Waals surface area contributed by atoms with E-state index in [0.29, 0.717) is 0 Å². The molecule has 0 nitrogen and oxygen atoms in total. The topological polar surface area (TPSA) is 0 Å². The number of hydrogen-bond donors (Lipinski definition) is 0. The molecular weight excluding hydrogens is 120 g/mol. The van der Waals surface area contributed by atoms with Crippen LogP contribution in [0.3, 0.4) is 0 Å². The van der Waals surface area contributed by atoms with Gasteiger partial charge in [0.1, 0.15) is 0 Å². The molecule has 0 aromatic carbocycles. The molecule has 0 unspecified atom stereocenters. The van der Waals surface area contributed by atoms with Crippen LogP contribution in [0.15, 0.2) is 12.2 Å². The number of hydrogen-bond acceptors (Lipinski definition) is 0. The summed E-state index contributed by atoms with van der Waals surface area (Å²) in [5.74, 6) is 0.833. The lowest BCUT2D eigenvalue weighted by Gasteiger charge is -1.79. The molecule has 0 N–H and O–H groups in total. The van der Waals surface area contributed by atoms with Crippen LogP contribution in [0.25, 0.3) is 0 Å². The van der Waals surface area contributed by atoms with Gasteiger partial charge in [0, 0.05) is 0 Å². The fraction of sp³-hybridized carbons (Fsp3) is 0.800. The molecule has 0 fully saturated rings. The minimum absolute atomic E-state index is 0. The Labute approximate surface area is 68.4 Å². The Morgan fingerprint density at radius 3 is 1.00 bits per heavy atom. The summed E-state index contributed by atoms with van der Waals surface area (Å²) in [4.78, 5) is 0. The predicted octanol–water partition coefficient (Wildman–Crippen LogP) is 4.52. The monoisotopic (exact) mass is 146 g/mol. The molecule has 0 spiro atoms. The van der Waals surface area contributed by atoms with E-state index in [1.807, 2.05) is 13.8 Å². The van der Waals surface area contributed by atoms with Crippen LogP contribution in [0, 0.1) is 5.92 Å². The van der Waals surface area contributed by atoms with Crippen LogP contribution in [0.2, 0.25) is 0 Å². The van der Waals surface area contributed by atoms with Gasteiger partial charge < -0.3 is 0 Å². The van der Waals surface area contributed by atoms with Crippen molar-refractivity contribution in [2.75, 3.05) is 0 Å². The summed E-state index contributed by atoms with van der Waals surface area (Å²) < 4.78 is 0. The Bertz CT molecular complexity index is 44.3. The molecule has 0 aliphatic carbocycles. The van der Waals surface area contributed by atoms with Crippen molar-refractivity contribution in [3.05, 3.63) is 12.2 Å². The second kappa shape index (κ2) is 15.9. The minimum Gasteiger partial charge on any atom is -0.100 e. The zero-order valence-corrected chi connectivity index (χ0v) is 6.78. The van der Waals surface area contributed by atoms with E-state index in [1.54, 1.807) is 0 Å². The van der Waals surface area contributed by atoms with Gasteiger partial charge >= 0.3 is 0 Å². The highest BCUT2D eigenvalue weighted by molar-refractivity contribution is 4.78. The highest BCUT2D eigenvalue weighted by Crippen LogP contribution is 1.81. The van der Waals surface area contributed by atoms with Crippen LogP contribution < -0.4 is 0 Å². The first-order valence-corrected chi connectivity index (χ1v) is 3.09. The zero-order valence-electron chi connectivity index (χ0n) is 6.78. The van der Waals surface area contributed by atoms with E-state index in [4.69, 9.17) is 0 Å². The Kier molecular flexibility index (Phi) is 35.9. The van der Waals surface area contributed by atoms with Crippen molar-refractivity contribution in [3.63, 3.8) is 0 Å². The smallest absolute Gasteiger partial charge is 0.0445 e. The number of rotatable bonds is 0. The molecule has 0 bridgehead atoms. The van der Waals surface area contributed by atoms with E-state index in [9.17, 15) is 0 Å². The van der Waals surface area contributed by atoms with E-state index in [1.165, 1.54) is 5.57 Å². The molecule has 0 rings (SSSR count). The Morgan fingerprint density at radius 2 is 1.00 bits per heavy atom. The van der Waals surface area contributed by atoms with Crippen molar-refractivity contribution < 1.29 is 0 Å². The van der Waals surface area contributed by atoms with Gasteiger partial charge in [0.2, 0.25) is 0 Å². The maximum absolute atomic E-state index is 3.56. The van der Waals surface area contributed by atoms with E-state index < -0.39 is 0 Å². The molecule has 0 amide bonds. The maximum Gasteiger partial charge on any atom is -0.0445 e. The normalized spacial score (nSPS) is 6.20. The number of allylic oxidation sites excluding steroid dienone is 1. The molecule has 66 valence electrons. The second-order valence-electron chi connectivity index (χ2n) is 2.94. The summed E-state index contributed by atoms with van der Waals surface area (Å²) >= 11 is 0. The highest BCUT2D eigenvalue weighted by Gasteiger charge is 1.68. The molecule has 0 saturated carbocycles. The van der Waals surface area contributed by atoms with Gasteiger partial charge in [-0.1, -0.05) is 41.2 Å². The summed E-state index contributed by atoms with van der Waals surface area (Å²) in [5, 5.41) is 0.